The first kappa shape index (κ1) is 31.1. The summed E-state index contributed by atoms with van der Waals surface area (Å²) in [5, 5.41) is 45.2. The van der Waals surface area contributed by atoms with Gasteiger partial charge in [-0.1, -0.05) is 38.5 Å². The predicted octanol–water partition coefficient (Wildman–Crippen LogP) is 1.86. The Labute approximate surface area is 278 Å². The van der Waals surface area contributed by atoms with Gasteiger partial charge in [-0.15, -0.1) is 0 Å². The second-order valence-corrected chi connectivity index (χ2v) is 16.0. The molecule has 5 heterocycles. The molecule has 5 saturated heterocycles. The molecule has 4 saturated carbocycles. The first-order valence-corrected chi connectivity index (χ1v) is 18.3. The Kier molecular flexibility index (Phi) is 8.97. The number of hydrogen-bond donors (Lipinski definition) is 8. The fourth-order valence-electron chi connectivity index (χ4n) is 12.3. The van der Waals surface area contributed by atoms with Crippen LogP contribution in [0.25, 0.3) is 0 Å². The molecule has 0 amide bonds. The molecule has 12 heteroatoms. The van der Waals surface area contributed by atoms with Gasteiger partial charge in [0.25, 0.3) is 0 Å². The molecule has 9 rings (SSSR count). The summed E-state index contributed by atoms with van der Waals surface area (Å²) in [6.45, 7) is 0. The molecule has 0 aromatic carbocycles. The van der Waals surface area contributed by atoms with Gasteiger partial charge in [0.05, 0.1) is 55.2 Å². The molecule has 44 heavy (non-hydrogen) atoms. The van der Waals surface area contributed by atoms with E-state index in [1.807, 2.05) is 0 Å². The summed E-state index contributed by atoms with van der Waals surface area (Å²) in [6, 6.07) is -0.480. The molecule has 0 aromatic rings. The van der Waals surface area contributed by atoms with E-state index in [0.29, 0.717) is 60.4 Å². The van der Waals surface area contributed by atoms with Crippen molar-refractivity contribution in [3.8, 4) is 0 Å². The Morgan fingerprint density at radius 3 is 0.977 bits per heavy atom. The van der Waals surface area contributed by atoms with Crippen LogP contribution < -0.4 is 42.5 Å². The minimum atomic E-state index is -0.480. The number of fused-ring (bicyclic) bond motifs is 20. The van der Waals surface area contributed by atoms with Crippen molar-refractivity contribution in [3.63, 3.8) is 0 Å². The van der Waals surface area contributed by atoms with Crippen molar-refractivity contribution >= 4 is 0 Å². The van der Waals surface area contributed by atoms with Crippen molar-refractivity contribution in [2.24, 2.45) is 47.3 Å². The van der Waals surface area contributed by atoms with Crippen LogP contribution in [-0.2, 0) is 22.4 Å². The number of nitrogens with zero attached hydrogens (tertiary/aromatic N) is 1. The van der Waals surface area contributed by atoms with Gasteiger partial charge in [0, 0.05) is 11.3 Å². The van der Waals surface area contributed by atoms with E-state index in [1.54, 1.807) is 0 Å². The summed E-state index contributed by atoms with van der Waals surface area (Å²) in [4.78, 5) is 12.5. The van der Waals surface area contributed by atoms with Gasteiger partial charge in [-0.3, -0.25) is 52.6 Å². The maximum atomic E-state index is 12.4. The van der Waals surface area contributed by atoms with E-state index in [4.69, 9.17) is 0 Å². The third kappa shape index (κ3) is 5.29. The van der Waals surface area contributed by atoms with E-state index in [9.17, 15) is 10.1 Å². The van der Waals surface area contributed by atoms with Crippen LogP contribution in [0, 0.1) is 57.5 Å². The SMILES string of the molecule is O=[N+]([O-])C1CCCC2C3NC4NC(NC5NC(NC6NC(NC(N3)C21)C1CCCCC61)C1CCCCC51)C1CCCCC41.[Au+]. The van der Waals surface area contributed by atoms with Crippen LogP contribution in [0.3, 0.4) is 0 Å². The van der Waals surface area contributed by atoms with Crippen LogP contribution in [0.15, 0.2) is 0 Å². The molecule has 0 radical (unpaired) electrons. The smallest absolute Gasteiger partial charge is 0.286 e. The minimum absolute atomic E-state index is 0. The number of hydrogen-bond acceptors (Lipinski definition) is 10. The third-order valence-electron chi connectivity index (χ3n) is 14.1. The zero-order valence-corrected chi connectivity index (χ0v) is 28.2. The maximum absolute atomic E-state index is 12.4. The summed E-state index contributed by atoms with van der Waals surface area (Å²) in [7, 11) is 0. The van der Waals surface area contributed by atoms with Gasteiger partial charge in [-0.2, -0.15) is 0 Å². The van der Waals surface area contributed by atoms with E-state index in [2.05, 4.69) is 42.5 Å². The first-order chi connectivity index (χ1) is 21.1. The average molecular weight is 795 g/mol. The molecule has 9 fully saturated rings. The molecule has 250 valence electrons. The molecular formula is C32H55AuN9O2+. The van der Waals surface area contributed by atoms with Gasteiger partial charge in [0.2, 0.25) is 6.04 Å². The molecule has 0 aromatic heterocycles. The van der Waals surface area contributed by atoms with Crippen LogP contribution in [0.2, 0.25) is 0 Å². The van der Waals surface area contributed by atoms with Crippen molar-refractivity contribution in [2.75, 3.05) is 0 Å². The zero-order chi connectivity index (χ0) is 28.7. The summed E-state index contributed by atoms with van der Waals surface area (Å²) < 4.78 is 0. The third-order valence-corrected chi connectivity index (χ3v) is 14.1. The Balaban J connectivity index is 0.00000289. The fourth-order valence-corrected chi connectivity index (χ4v) is 12.3. The van der Waals surface area contributed by atoms with E-state index in [1.165, 1.54) is 77.0 Å². The molecule has 0 spiro atoms. The summed E-state index contributed by atoms with van der Waals surface area (Å²) in [6.07, 6.45) is 20.0. The monoisotopic (exact) mass is 794 g/mol. The molecule has 11 nitrogen and oxygen atoms in total. The summed E-state index contributed by atoms with van der Waals surface area (Å²) in [5.74, 6) is 4.00. The Morgan fingerprint density at radius 2 is 0.659 bits per heavy atom. The second-order valence-electron chi connectivity index (χ2n) is 16.0. The van der Waals surface area contributed by atoms with Gasteiger partial charge >= 0.3 is 22.4 Å². The first-order valence-electron chi connectivity index (χ1n) is 18.3. The van der Waals surface area contributed by atoms with Crippen molar-refractivity contribution in [3.05, 3.63) is 10.1 Å². The maximum Gasteiger partial charge on any atom is 1.00 e. The van der Waals surface area contributed by atoms with Gasteiger partial charge < -0.3 is 0 Å². The normalized spacial score (nSPS) is 54.8. The molecular weight excluding hydrogens is 739 g/mol. The Hall–Kier alpha value is -0.180. The van der Waals surface area contributed by atoms with Crippen LogP contribution in [0.1, 0.15) is 96.3 Å². The van der Waals surface area contributed by atoms with E-state index < -0.39 is 6.04 Å². The Bertz CT molecular complexity index is 1060. The molecule has 8 N–H and O–H groups in total. The van der Waals surface area contributed by atoms with Crippen molar-refractivity contribution in [1.29, 1.82) is 0 Å². The standard InChI is InChI=1S/C32H55N9O2.Au/c42-41(43)23-15-7-14-22-24(23)32-39-30-21-13-6-5-12-20(21)28(37-30)35-26-17-9-2-1-8-16(17)25(33-26)34-27-18-10-3-4-11-19(18)29(36-27)38-31(22)40-32;/h16-40H,1-15H2;/q;+1. The van der Waals surface area contributed by atoms with Gasteiger partial charge in [0.1, 0.15) is 0 Å². The van der Waals surface area contributed by atoms with Crippen molar-refractivity contribution < 1.29 is 27.3 Å². The molecule has 17 unspecified atom stereocenters. The molecule has 5 aliphatic heterocycles. The molecule has 17 atom stereocenters. The van der Waals surface area contributed by atoms with Gasteiger partial charge in [-0.05, 0) is 92.8 Å². The minimum Gasteiger partial charge on any atom is -0.286 e. The number of rotatable bonds is 1. The molecule has 4 aliphatic carbocycles. The van der Waals surface area contributed by atoms with Crippen molar-refractivity contribution in [1.82, 2.24) is 42.5 Å². The van der Waals surface area contributed by atoms with E-state index in [0.717, 1.165) is 12.8 Å². The number of nitrogens with one attached hydrogen (secondary N) is 8. The van der Waals surface area contributed by atoms with Crippen molar-refractivity contribution in [2.45, 2.75) is 152 Å². The van der Waals surface area contributed by atoms with Crippen LogP contribution >= 0.6 is 0 Å². The zero-order valence-electron chi connectivity index (χ0n) is 26.0. The van der Waals surface area contributed by atoms with Gasteiger partial charge in [-0.25, -0.2) is 0 Å². The van der Waals surface area contributed by atoms with Gasteiger partial charge in [0.15, 0.2) is 0 Å². The van der Waals surface area contributed by atoms with E-state index in [-0.39, 0.29) is 70.0 Å². The summed E-state index contributed by atoms with van der Waals surface area (Å²) >= 11 is 0. The molecule has 8 bridgehead atoms. The Morgan fingerprint density at radius 1 is 0.386 bits per heavy atom. The van der Waals surface area contributed by atoms with Crippen LogP contribution in [0.4, 0.5) is 0 Å². The quantitative estimate of drug-likeness (QED) is 0.113. The average Bonchev–Trinajstić information content (AvgIpc) is 3.76. The van der Waals surface area contributed by atoms with Crippen LogP contribution in [-0.4, -0.2) is 60.3 Å². The van der Waals surface area contributed by atoms with Crippen LogP contribution in [0.5, 0.6) is 0 Å². The van der Waals surface area contributed by atoms with E-state index >= 15 is 0 Å². The topological polar surface area (TPSA) is 139 Å². The second kappa shape index (κ2) is 12.7. The predicted molar refractivity (Wildman–Crippen MR) is 163 cm³/mol. The fraction of sp³-hybridized carbons (Fsp3) is 1.00. The molecule has 9 aliphatic rings. The summed E-state index contributed by atoms with van der Waals surface area (Å²) in [5.41, 5.74) is 0. The largest absolute Gasteiger partial charge is 1.00 e. The number of nitro groups is 1.